The molecule has 1 atom stereocenters. The molecule has 0 aromatic heterocycles. The van der Waals surface area contributed by atoms with Crippen molar-refractivity contribution >= 4 is 40.7 Å². The van der Waals surface area contributed by atoms with E-state index >= 15 is 0 Å². The second-order valence-electron chi connectivity index (χ2n) is 4.13. The Bertz CT molecular complexity index is 497. The van der Waals surface area contributed by atoms with E-state index in [2.05, 4.69) is 4.74 Å². The van der Waals surface area contributed by atoms with E-state index < -0.39 is 34.9 Å². The van der Waals surface area contributed by atoms with E-state index in [1.807, 2.05) is 5.32 Å². The second kappa shape index (κ2) is 7.68. The number of halogens is 7. The Morgan fingerprint density at radius 1 is 1.18 bits per heavy atom. The molecule has 0 fully saturated rings. The molecule has 10 heteroatoms. The molecule has 0 saturated carbocycles. The lowest BCUT2D eigenvalue weighted by atomic mass is 10.2. The first-order valence-electron chi connectivity index (χ1n) is 5.74. The summed E-state index contributed by atoms with van der Waals surface area (Å²) in [7, 11) is 0. The number of alkyl halides is 7. The molecule has 1 aromatic carbocycles. The van der Waals surface area contributed by atoms with Crippen LogP contribution in [0.1, 0.15) is 10.4 Å². The lowest BCUT2D eigenvalue weighted by Crippen LogP contribution is -2.48. The first kappa shape index (κ1) is 19.3. The third-order valence-corrected chi connectivity index (χ3v) is 2.95. The van der Waals surface area contributed by atoms with Crippen molar-refractivity contribution in [1.29, 1.82) is 0 Å². The zero-order chi connectivity index (χ0) is 17.0. The van der Waals surface area contributed by atoms with Crippen molar-refractivity contribution < 1.29 is 27.1 Å². The Kier molecular flexibility index (Phi) is 6.73. The van der Waals surface area contributed by atoms with Crippen LogP contribution in [0.15, 0.2) is 30.3 Å². The van der Waals surface area contributed by atoms with E-state index in [9.17, 15) is 22.4 Å². The number of rotatable bonds is 6. The molecule has 0 radical (unpaired) electrons. The quantitative estimate of drug-likeness (QED) is 0.458. The van der Waals surface area contributed by atoms with Gasteiger partial charge in [-0.1, -0.05) is 53.0 Å². The van der Waals surface area contributed by atoms with Crippen LogP contribution in [0.5, 0.6) is 0 Å². The maximum absolute atomic E-state index is 12.8. The Morgan fingerprint density at radius 3 is 2.18 bits per heavy atom. The summed E-state index contributed by atoms with van der Waals surface area (Å²) in [5.41, 5.74) is 0.144. The van der Waals surface area contributed by atoms with Gasteiger partial charge in [0.25, 0.3) is 5.91 Å². The number of hydrogen-bond donors (Lipinski definition) is 1. The lowest BCUT2D eigenvalue weighted by molar-refractivity contribution is -0.177. The molecule has 124 valence electrons. The Labute approximate surface area is 138 Å². The van der Waals surface area contributed by atoms with Gasteiger partial charge in [-0.2, -0.15) is 8.78 Å². The van der Waals surface area contributed by atoms with Crippen LogP contribution in [0.25, 0.3) is 0 Å². The lowest BCUT2D eigenvalue weighted by Gasteiger charge is -2.27. The highest BCUT2D eigenvalue weighted by Gasteiger charge is 2.44. The molecule has 0 bridgehead atoms. The smallest absolute Gasteiger partial charge is 0.330 e. The van der Waals surface area contributed by atoms with E-state index in [0.29, 0.717) is 0 Å². The summed E-state index contributed by atoms with van der Waals surface area (Å²) in [4.78, 5) is 11.9. The molecule has 0 unspecified atom stereocenters. The van der Waals surface area contributed by atoms with E-state index in [4.69, 9.17) is 34.8 Å². The molecule has 0 heterocycles. The fourth-order valence-electron chi connectivity index (χ4n) is 1.27. The van der Waals surface area contributed by atoms with Gasteiger partial charge in [0, 0.05) is 5.56 Å². The molecule has 0 aliphatic rings. The maximum Gasteiger partial charge on any atom is 0.330 e. The van der Waals surface area contributed by atoms with Crippen LogP contribution in [-0.2, 0) is 4.74 Å². The van der Waals surface area contributed by atoms with Crippen molar-refractivity contribution in [2.45, 2.75) is 22.4 Å². The minimum Gasteiger partial charge on any atom is -0.347 e. The van der Waals surface area contributed by atoms with E-state index in [1.54, 1.807) is 18.2 Å². The number of amides is 1. The fourth-order valence-corrected chi connectivity index (χ4v) is 1.62. The number of carbonyl (C=O) groups excluding carboxylic acids is 1. The Balaban J connectivity index is 2.76. The van der Waals surface area contributed by atoms with Gasteiger partial charge in [-0.05, 0) is 12.1 Å². The predicted molar refractivity (Wildman–Crippen MR) is 74.9 cm³/mol. The van der Waals surface area contributed by atoms with Crippen molar-refractivity contribution in [3.05, 3.63) is 35.9 Å². The third-order valence-electron chi connectivity index (χ3n) is 2.36. The van der Waals surface area contributed by atoms with Gasteiger partial charge in [-0.15, -0.1) is 0 Å². The molecule has 1 aromatic rings. The van der Waals surface area contributed by atoms with Gasteiger partial charge >= 0.3 is 12.3 Å². The van der Waals surface area contributed by atoms with Gasteiger partial charge in [-0.25, -0.2) is 8.78 Å². The van der Waals surface area contributed by atoms with Crippen molar-refractivity contribution in [2.75, 3.05) is 6.61 Å². The molecule has 0 spiro atoms. The predicted octanol–water partition coefficient (Wildman–Crippen LogP) is 4.03. The highest BCUT2D eigenvalue weighted by atomic mass is 35.6. The van der Waals surface area contributed by atoms with E-state index in [-0.39, 0.29) is 5.56 Å². The molecule has 1 rings (SSSR count). The van der Waals surface area contributed by atoms with Crippen molar-refractivity contribution in [3.63, 3.8) is 0 Å². The molecular formula is C12H10Cl3F4NO2. The Hall–Kier alpha value is -0.760. The average Bonchev–Trinajstić information content (AvgIpc) is 2.42. The number of ether oxygens (including phenoxy) is 1. The molecule has 0 saturated heterocycles. The Morgan fingerprint density at radius 2 is 1.73 bits per heavy atom. The highest BCUT2D eigenvalue weighted by Crippen LogP contribution is 2.33. The van der Waals surface area contributed by atoms with Gasteiger partial charge in [0.2, 0.25) is 3.79 Å². The summed E-state index contributed by atoms with van der Waals surface area (Å²) in [6.45, 7) is -1.72. The zero-order valence-electron chi connectivity index (χ0n) is 10.7. The van der Waals surface area contributed by atoms with Crippen LogP contribution in [0.4, 0.5) is 17.6 Å². The van der Waals surface area contributed by atoms with Gasteiger partial charge in [-0.3, -0.25) is 4.79 Å². The molecule has 22 heavy (non-hydrogen) atoms. The number of hydrogen-bond acceptors (Lipinski definition) is 2. The summed E-state index contributed by atoms with van der Waals surface area (Å²) >= 11 is 16.5. The van der Waals surface area contributed by atoms with E-state index in [0.717, 1.165) is 0 Å². The van der Waals surface area contributed by atoms with Crippen LogP contribution < -0.4 is 5.32 Å². The number of carbonyl (C=O) groups is 1. The number of nitrogens with one attached hydrogen (secondary N) is 1. The summed E-state index contributed by atoms with van der Waals surface area (Å²) in [6, 6.07) is 7.57. The second-order valence-corrected chi connectivity index (χ2v) is 6.50. The van der Waals surface area contributed by atoms with Crippen LogP contribution in [-0.4, -0.2) is 34.9 Å². The maximum atomic E-state index is 12.8. The van der Waals surface area contributed by atoms with Crippen LogP contribution >= 0.6 is 34.8 Å². The minimum absolute atomic E-state index is 0.144. The van der Waals surface area contributed by atoms with E-state index in [1.165, 1.54) is 12.1 Å². The average molecular weight is 383 g/mol. The van der Waals surface area contributed by atoms with Gasteiger partial charge in [0.05, 0.1) is 0 Å². The third kappa shape index (κ3) is 5.79. The SMILES string of the molecule is O=C(N[C@H](OCC(F)(F)C(F)F)C(Cl)(Cl)Cl)c1ccccc1. The molecule has 1 N–H and O–H groups in total. The molecule has 3 nitrogen and oxygen atoms in total. The summed E-state index contributed by atoms with van der Waals surface area (Å²) in [5.74, 6) is -5.22. The standard InChI is InChI=1S/C12H10Cl3F4NO2/c13-12(14,15)10(22-6-11(18,19)9(16)17)20-8(21)7-4-2-1-3-5-7/h1-5,9-10H,6H2,(H,20,21)/t10-/m1/s1. The molecule has 0 aliphatic heterocycles. The number of benzene rings is 1. The monoisotopic (exact) mass is 381 g/mol. The summed E-state index contributed by atoms with van der Waals surface area (Å²) in [5, 5.41) is 2.05. The first-order valence-corrected chi connectivity index (χ1v) is 6.87. The molecule has 1 amide bonds. The van der Waals surface area contributed by atoms with Crippen molar-refractivity contribution in [1.82, 2.24) is 5.32 Å². The van der Waals surface area contributed by atoms with Crippen LogP contribution in [0, 0.1) is 0 Å². The normalized spacial score (nSPS) is 14.0. The summed E-state index contributed by atoms with van der Waals surface area (Å²) in [6.07, 6.45) is -5.79. The zero-order valence-corrected chi connectivity index (χ0v) is 13.0. The van der Waals surface area contributed by atoms with Crippen molar-refractivity contribution in [2.24, 2.45) is 0 Å². The van der Waals surface area contributed by atoms with Gasteiger partial charge in [0.15, 0.2) is 6.23 Å². The first-order chi connectivity index (χ1) is 10.0. The minimum atomic E-state index is -4.44. The van der Waals surface area contributed by atoms with Crippen LogP contribution in [0.2, 0.25) is 0 Å². The fraction of sp³-hybridized carbons (Fsp3) is 0.417. The van der Waals surface area contributed by atoms with Crippen molar-refractivity contribution in [3.8, 4) is 0 Å². The van der Waals surface area contributed by atoms with Gasteiger partial charge < -0.3 is 10.1 Å². The summed E-state index contributed by atoms with van der Waals surface area (Å²) < 4.78 is 52.0. The van der Waals surface area contributed by atoms with Gasteiger partial charge in [0.1, 0.15) is 6.61 Å². The molecular weight excluding hydrogens is 372 g/mol. The van der Waals surface area contributed by atoms with Crippen LogP contribution in [0.3, 0.4) is 0 Å². The highest BCUT2D eigenvalue weighted by molar-refractivity contribution is 6.68. The topological polar surface area (TPSA) is 38.3 Å². The molecule has 0 aliphatic carbocycles. The largest absolute Gasteiger partial charge is 0.347 e.